The van der Waals surface area contributed by atoms with Gasteiger partial charge in [-0.25, -0.2) is 4.98 Å². The van der Waals surface area contributed by atoms with Crippen molar-refractivity contribution in [2.75, 3.05) is 31.1 Å². The van der Waals surface area contributed by atoms with Crippen LogP contribution in [0.15, 0.2) is 42.5 Å². The third-order valence-electron chi connectivity index (χ3n) is 5.06. The third kappa shape index (κ3) is 3.19. The number of piperazine rings is 1. The zero-order valence-electron chi connectivity index (χ0n) is 15.2. The van der Waals surface area contributed by atoms with Gasteiger partial charge in [0.15, 0.2) is 5.13 Å². The van der Waals surface area contributed by atoms with Crippen molar-refractivity contribution < 1.29 is 4.79 Å². The van der Waals surface area contributed by atoms with E-state index >= 15 is 0 Å². The second kappa shape index (κ2) is 7.08. The summed E-state index contributed by atoms with van der Waals surface area (Å²) in [5.41, 5.74) is 4.27. The molecule has 1 saturated heterocycles. The first-order chi connectivity index (χ1) is 12.7. The van der Waals surface area contributed by atoms with Crippen LogP contribution < -0.4 is 4.90 Å². The number of amides is 1. The molecule has 0 unspecified atom stereocenters. The van der Waals surface area contributed by atoms with E-state index in [1.807, 2.05) is 36.1 Å². The van der Waals surface area contributed by atoms with Crippen LogP contribution in [0.3, 0.4) is 0 Å². The summed E-state index contributed by atoms with van der Waals surface area (Å²) in [5, 5.41) is 1.07. The molecule has 0 aliphatic carbocycles. The van der Waals surface area contributed by atoms with Crippen LogP contribution in [0.1, 0.15) is 28.4 Å². The summed E-state index contributed by atoms with van der Waals surface area (Å²) in [6.07, 6.45) is 1.04. The number of rotatable bonds is 3. The topological polar surface area (TPSA) is 36.4 Å². The van der Waals surface area contributed by atoms with Crippen molar-refractivity contribution in [2.24, 2.45) is 0 Å². The molecular weight excluding hydrogens is 342 g/mol. The SMILES string of the molecule is CCc1ccc2nc(N3CCN(C(=O)c4ccccc4C)CC3)sc2c1. The molecule has 1 aliphatic heterocycles. The van der Waals surface area contributed by atoms with Crippen LogP contribution in [0.5, 0.6) is 0 Å². The molecule has 1 aromatic heterocycles. The molecule has 134 valence electrons. The van der Waals surface area contributed by atoms with Gasteiger partial charge in [-0.15, -0.1) is 0 Å². The second-order valence-corrected chi connectivity index (χ2v) is 7.76. The Hall–Kier alpha value is -2.40. The van der Waals surface area contributed by atoms with E-state index < -0.39 is 0 Å². The Kier molecular flexibility index (Phi) is 4.64. The summed E-state index contributed by atoms with van der Waals surface area (Å²) < 4.78 is 1.25. The standard InChI is InChI=1S/C21H23N3OS/c1-3-16-8-9-18-19(14-16)26-21(22-18)24-12-10-23(11-13-24)20(25)17-7-5-4-6-15(17)2/h4-9,14H,3,10-13H2,1-2H3. The van der Waals surface area contributed by atoms with Gasteiger partial charge in [-0.3, -0.25) is 4.79 Å². The van der Waals surface area contributed by atoms with Crippen LogP contribution in [0, 0.1) is 6.92 Å². The number of benzene rings is 2. The first-order valence-corrected chi connectivity index (χ1v) is 9.96. The van der Waals surface area contributed by atoms with Gasteiger partial charge >= 0.3 is 0 Å². The van der Waals surface area contributed by atoms with Crippen molar-refractivity contribution in [1.29, 1.82) is 0 Å². The summed E-state index contributed by atoms with van der Waals surface area (Å²) in [6, 6.07) is 14.3. The summed E-state index contributed by atoms with van der Waals surface area (Å²) in [5.74, 6) is 0.139. The largest absolute Gasteiger partial charge is 0.345 e. The first kappa shape index (κ1) is 17.0. The van der Waals surface area contributed by atoms with Crippen LogP contribution in [-0.4, -0.2) is 42.0 Å². The predicted octanol–water partition coefficient (Wildman–Crippen LogP) is 4.13. The Labute approximate surface area is 158 Å². The lowest BCUT2D eigenvalue weighted by Crippen LogP contribution is -2.48. The maximum Gasteiger partial charge on any atom is 0.254 e. The molecular formula is C21H23N3OS. The van der Waals surface area contributed by atoms with E-state index in [1.54, 1.807) is 11.3 Å². The van der Waals surface area contributed by atoms with E-state index in [-0.39, 0.29) is 5.91 Å². The highest BCUT2D eigenvalue weighted by Crippen LogP contribution is 2.30. The second-order valence-electron chi connectivity index (χ2n) is 6.75. The van der Waals surface area contributed by atoms with E-state index in [0.29, 0.717) is 0 Å². The highest BCUT2D eigenvalue weighted by molar-refractivity contribution is 7.22. The van der Waals surface area contributed by atoms with Gasteiger partial charge in [-0.05, 0) is 42.7 Å². The number of carbonyl (C=O) groups is 1. The van der Waals surface area contributed by atoms with E-state index in [4.69, 9.17) is 4.98 Å². The van der Waals surface area contributed by atoms with Gasteiger partial charge in [0.05, 0.1) is 10.2 Å². The van der Waals surface area contributed by atoms with Crippen LogP contribution in [0.25, 0.3) is 10.2 Å². The minimum atomic E-state index is 0.139. The molecule has 3 aromatic rings. The smallest absolute Gasteiger partial charge is 0.254 e. The molecule has 26 heavy (non-hydrogen) atoms. The fourth-order valence-electron chi connectivity index (χ4n) is 3.40. The van der Waals surface area contributed by atoms with Gasteiger partial charge in [0, 0.05) is 31.7 Å². The first-order valence-electron chi connectivity index (χ1n) is 9.15. The van der Waals surface area contributed by atoms with E-state index in [0.717, 1.165) is 54.4 Å². The Morgan fingerprint density at radius 1 is 1.12 bits per heavy atom. The highest BCUT2D eigenvalue weighted by Gasteiger charge is 2.24. The normalized spacial score (nSPS) is 14.8. The highest BCUT2D eigenvalue weighted by atomic mass is 32.1. The quantitative estimate of drug-likeness (QED) is 0.700. The molecule has 2 aromatic carbocycles. The van der Waals surface area contributed by atoms with Crippen LogP contribution in [0.4, 0.5) is 5.13 Å². The average Bonchev–Trinajstić information content (AvgIpc) is 3.11. The molecule has 4 nitrogen and oxygen atoms in total. The molecule has 5 heteroatoms. The third-order valence-corrected chi connectivity index (χ3v) is 6.14. The van der Waals surface area contributed by atoms with Crippen molar-refractivity contribution in [3.8, 4) is 0 Å². The van der Waals surface area contributed by atoms with Gasteiger partial charge < -0.3 is 9.80 Å². The monoisotopic (exact) mass is 365 g/mol. The number of nitrogens with zero attached hydrogens (tertiary/aromatic N) is 3. The summed E-state index contributed by atoms with van der Waals surface area (Å²) in [7, 11) is 0. The molecule has 0 bridgehead atoms. The van der Waals surface area contributed by atoms with Gasteiger partial charge in [0.2, 0.25) is 0 Å². The zero-order valence-corrected chi connectivity index (χ0v) is 16.1. The molecule has 0 atom stereocenters. The lowest BCUT2D eigenvalue weighted by Gasteiger charge is -2.34. The number of carbonyl (C=O) groups excluding carboxylic acids is 1. The predicted molar refractivity (Wildman–Crippen MR) is 108 cm³/mol. The molecule has 0 spiro atoms. The number of hydrogen-bond donors (Lipinski definition) is 0. The van der Waals surface area contributed by atoms with Crippen molar-refractivity contribution in [3.63, 3.8) is 0 Å². The molecule has 0 radical (unpaired) electrons. The minimum absolute atomic E-state index is 0.139. The van der Waals surface area contributed by atoms with E-state index in [1.165, 1.54) is 10.3 Å². The average molecular weight is 366 g/mol. The van der Waals surface area contributed by atoms with Crippen molar-refractivity contribution in [1.82, 2.24) is 9.88 Å². The van der Waals surface area contributed by atoms with Crippen LogP contribution in [0.2, 0.25) is 0 Å². The summed E-state index contributed by atoms with van der Waals surface area (Å²) in [4.78, 5) is 21.8. The van der Waals surface area contributed by atoms with Crippen molar-refractivity contribution in [3.05, 3.63) is 59.2 Å². The van der Waals surface area contributed by atoms with Crippen molar-refractivity contribution >= 4 is 32.6 Å². The lowest BCUT2D eigenvalue weighted by molar-refractivity contribution is 0.0746. The molecule has 1 aliphatic rings. The molecule has 0 saturated carbocycles. The maximum atomic E-state index is 12.8. The van der Waals surface area contributed by atoms with Crippen molar-refractivity contribution in [2.45, 2.75) is 20.3 Å². The fourth-order valence-corrected chi connectivity index (χ4v) is 4.48. The lowest BCUT2D eigenvalue weighted by atomic mass is 10.1. The number of aromatic nitrogens is 1. The van der Waals surface area contributed by atoms with Gasteiger partial charge in [-0.2, -0.15) is 0 Å². The van der Waals surface area contributed by atoms with Crippen LogP contribution in [-0.2, 0) is 6.42 Å². The minimum Gasteiger partial charge on any atom is -0.345 e. The number of aryl methyl sites for hydroxylation is 2. The van der Waals surface area contributed by atoms with Gasteiger partial charge in [-0.1, -0.05) is 42.5 Å². The van der Waals surface area contributed by atoms with E-state index in [9.17, 15) is 4.79 Å². The number of thiazole rings is 1. The Balaban J connectivity index is 1.46. The molecule has 1 amide bonds. The number of fused-ring (bicyclic) bond motifs is 1. The zero-order chi connectivity index (χ0) is 18.1. The molecule has 2 heterocycles. The molecule has 0 N–H and O–H groups in total. The molecule has 4 rings (SSSR count). The fraction of sp³-hybridized carbons (Fsp3) is 0.333. The van der Waals surface area contributed by atoms with Gasteiger partial charge in [0.1, 0.15) is 0 Å². The molecule has 1 fully saturated rings. The van der Waals surface area contributed by atoms with Gasteiger partial charge in [0.25, 0.3) is 5.91 Å². The Morgan fingerprint density at radius 2 is 1.88 bits per heavy atom. The maximum absolute atomic E-state index is 12.8. The summed E-state index contributed by atoms with van der Waals surface area (Å²) in [6.45, 7) is 7.31. The van der Waals surface area contributed by atoms with E-state index in [2.05, 4.69) is 30.0 Å². The van der Waals surface area contributed by atoms with Crippen LogP contribution >= 0.6 is 11.3 Å². The number of anilines is 1. The Bertz CT molecular complexity index is 941. The Morgan fingerprint density at radius 3 is 2.62 bits per heavy atom. The number of hydrogen-bond acceptors (Lipinski definition) is 4. The summed E-state index contributed by atoms with van der Waals surface area (Å²) >= 11 is 1.75.